The van der Waals surface area contributed by atoms with Crippen LogP contribution in [0.2, 0.25) is 5.04 Å². The third-order valence-electron chi connectivity index (χ3n) is 7.34. The van der Waals surface area contributed by atoms with Gasteiger partial charge < -0.3 is 9.16 Å². The molecule has 0 N–H and O–H groups in total. The minimum atomic E-state index is -3.89. The first kappa shape index (κ1) is 34.2. The summed E-state index contributed by atoms with van der Waals surface area (Å²) in [6.07, 6.45) is 2.46. The van der Waals surface area contributed by atoms with E-state index in [9.17, 15) is 8.42 Å². The lowest BCUT2D eigenvalue weighted by atomic mass is 10.0. The van der Waals surface area contributed by atoms with E-state index in [-0.39, 0.29) is 24.3 Å². The van der Waals surface area contributed by atoms with Gasteiger partial charge in [0, 0.05) is 11.0 Å². The summed E-state index contributed by atoms with van der Waals surface area (Å²) in [7, 11) is -6.89. The van der Waals surface area contributed by atoms with E-state index in [0.717, 1.165) is 22.2 Å². The Morgan fingerprint density at radius 2 is 1.44 bits per heavy atom. The molecule has 0 aliphatic rings. The highest BCUT2D eigenvalue weighted by Crippen LogP contribution is 2.37. The second-order valence-corrected chi connectivity index (χ2v) is 17.5. The molecule has 10 heteroatoms. The Kier molecular flexibility index (Phi) is 12.7. The molecule has 0 fully saturated rings. The van der Waals surface area contributed by atoms with Gasteiger partial charge in [0.05, 0.1) is 25.6 Å². The number of hydrogen-bond acceptors (Lipinski definition) is 6. The first-order valence-electron chi connectivity index (χ1n) is 14.4. The third kappa shape index (κ3) is 9.89. The molecule has 3 aromatic rings. The molecular formula is C33H43N3O5SSi. The largest absolute Gasteiger partial charge is 0.405 e. The van der Waals surface area contributed by atoms with Crippen LogP contribution in [0.25, 0.3) is 10.4 Å². The third-order valence-corrected chi connectivity index (χ3v) is 12.9. The standard InChI is InChI=1S/C33H43N3O5SSi/c1-6-16-28(35-36-34)23-24-31(39-25-27-17-10-7-11-18-27)32(41-42(5,37)38)26-40-43(33(2,3)4,29-19-12-8-13-20-29)30-21-14-9-15-22-30/h6-15,17-22,28,31-32H,1,16,23-26H2,2-5H3/t28-,31-,32-/m1/s1. The average Bonchev–Trinajstić information content (AvgIpc) is 2.97. The maximum Gasteiger partial charge on any atom is 0.264 e. The van der Waals surface area contributed by atoms with Gasteiger partial charge in [-0.15, -0.1) is 6.58 Å². The number of nitrogens with zero attached hydrogens (tertiary/aromatic N) is 3. The Balaban J connectivity index is 2.04. The minimum Gasteiger partial charge on any atom is -0.405 e. The predicted octanol–water partition coefficient (Wildman–Crippen LogP) is 6.53. The number of ether oxygens (including phenoxy) is 1. The first-order chi connectivity index (χ1) is 20.5. The van der Waals surface area contributed by atoms with Crippen LogP contribution in [0.5, 0.6) is 0 Å². The van der Waals surface area contributed by atoms with Crippen LogP contribution in [0.3, 0.4) is 0 Å². The van der Waals surface area contributed by atoms with E-state index in [4.69, 9.17) is 18.9 Å². The van der Waals surface area contributed by atoms with Gasteiger partial charge in [-0.05, 0) is 45.8 Å². The van der Waals surface area contributed by atoms with Crippen LogP contribution in [-0.2, 0) is 30.1 Å². The van der Waals surface area contributed by atoms with Crippen LogP contribution in [0.15, 0.2) is 109 Å². The molecule has 230 valence electrons. The molecule has 0 saturated carbocycles. The second-order valence-electron chi connectivity index (χ2n) is 11.6. The molecule has 0 unspecified atom stereocenters. The smallest absolute Gasteiger partial charge is 0.264 e. The fourth-order valence-corrected chi connectivity index (χ4v) is 10.6. The number of benzene rings is 3. The molecule has 43 heavy (non-hydrogen) atoms. The lowest BCUT2D eigenvalue weighted by molar-refractivity contribution is -0.0536. The molecule has 0 heterocycles. The Morgan fingerprint density at radius 1 is 0.907 bits per heavy atom. The fourth-order valence-electron chi connectivity index (χ4n) is 5.39. The van der Waals surface area contributed by atoms with E-state index in [1.807, 2.05) is 66.7 Å². The molecule has 3 aromatic carbocycles. The predicted molar refractivity (Wildman–Crippen MR) is 175 cm³/mol. The zero-order valence-electron chi connectivity index (χ0n) is 25.5. The molecule has 0 aromatic heterocycles. The summed E-state index contributed by atoms with van der Waals surface area (Å²) in [5.41, 5.74) is 10.0. The van der Waals surface area contributed by atoms with E-state index >= 15 is 0 Å². The summed E-state index contributed by atoms with van der Waals surface area (Å²) in [6, 6.07) is 29.6. The van der Waals surface area contributed by atoms with Crippen LogP contribution in [0.4, 0.5) is 0 Å². The number of rotatable bonds is 17. The number of hydrogen-bond donors (Lipinski definition) is 0. The van der Waals surface area contributed by atoms with Crippen molar-refractivity contribution in [1.29, 1.82) is 0 Å². The van der Waals surface area contributed by atoms with Gasteiger partial charge in [-0.2, -0.15) is 8.42 Å². The zero-order valence-corrected chi connectivity index (χ0v) is 27.3. The van der Waals surface area contributed by atoms with Gasteiger partial charge in [0.25, 0.3) is 18.4 Å². The van der Waals surface area contributed by atoms with Crippen molar-refractivity contribution in [3.8, 4) is 0 Å². The van der Waals surface area contributed by atoms with E-state index in [1.165, 1.54) is 0 Å². The van der Waals surface area contributed by atoms with Gasteiger partial charge in [-0.3, -0.25) is 4.18 Å². The molecule has 0 aliphatic heterocycles. The van der Waals surface area contributed by atoms with Crippen molar-refractivity contribution in [3.63, 3.8) is 0 Å². The summed E-state index contributed by atoms with van der Waals surface area (Å²) in [5, 5.41) is 5.73. The summed E-state index contributed by atoms with van der Waals surface area (Å²) in [6.45, 7) is 10.5. The van der Waals surface area contributed by atoms with E-state index in [1.54, 1.807) is 6.08 Å². The lowest BCUT2D eigenvalue weighted by Gasteiger charge is -2.44. The molecule has 0 radical (unpaired) electrons. The quantitative estimate of drug-likeness (QED) is 0.0425. The molecule has 0 amide bonds. The Labute approximate surface area is 257 Å². The van der Waals surface area contributed by atoms with Gasteiger partial charge in [0.15, 0.2) is 0 Å². The van der Waals surface area contributed by atoms with Crippen molar-refractivity contribution in [2.45, 2.75) is 69.9 Å². The highest BCUT2D eigenvalue weighted by molar-refractivity contribution is 7.86. The summed E-state index contributed by atoms with van der Waals surface area (Å²) >= 11 is 0. The van der Waals surface area contributed by atoms with Crippen molar-refractivity contribution >= 4 is 28.8 Å². The molecule has 0 saturated heterocycles. The summed E-state index contributed by atoms with van der Waals surface area (Å²) in [5.74, 6) is 0. The van der Waals surface area contributed by atoms with Crippen LogP contribution in [0.1, 0.15) is 45.6 Å². The Morgan fingerprint density at radius 3 is 1.91 bits per heavy atom. The van der Waals surface area contributed by atoms with E-state index in [0.29, 0.717) is 19.3 Å². The van der Waals surface area contributed by atoms with Crippen LogP contribution in [0, 0.1) is 0 Å². The van der Waals surface area contributed by atoms with Gasteiger partial charge in [-0.25, -0.2) is 0 Å². The van der Waals surface area contributed by atoms with Crippen LogP contribution >= 0.6 is 0 Å². The maximum atomic E-state index is 12.6. The highest BCUT2D eigenvalue weighted by Gasteiger charge is 2.51. The average molecular weight is 622 g/mol. The van der Waals surface area contributed by atoms with Crippen molar-refractivity contribution < 1.29 is 21.8 Å². The summed E-state index contributed by atoms with van der Waals surface area (Å²) in [4.78, 5) is 2.98. The number of azide groups is 1. The molecule has 3 atom stereocenters. The normalized spacial score (nSPS) is 14.3. The van der Waals surface area contributed by atoms with Crippen LogP contribution in [-0.4, -0.2) is 47.8 Å². The topological polar surface area (TPSA) is 111 Å². The van der Waals surface area contributed by atoms with Gasteiger partial charge >= 0.3 is 0 Å². The SMILES string of the molecule is C=CC[C@H](CC[C@@H](OCc1ccccc1)[C@@H](CO[Si](c1ccccc1)(c1ccccc1)C(C)(C)C)OS(C)(=O)=O)N=[N+]=[N-]. The molecule has 0 aliphatic carbocycles. The minimum absolute atomic E-state index is 0.0204. The second kappa shape index (κ2) is 16.0. The van der Waals surface area contributed by atoms with E-state index in [2.05, 4.69) is 61.6 Å². The van der Waals surface area contributed by atoms with Crippen molar-refractivity contribution in [3.05, 3.63) is 120 Å². The first-order valence-corrected chi connectivity index (χ1v) is 18.2. The lowest BCUT2D eigenvalue weighted by Crippen LogP contribution is -2.67. The molecular weight excluding hydrogens is 579 g/mol. The van der Waals surface area contributed by atoms with Gasteiger partial charge in [0.2, 0.25) is 0 Å². The molecule has 8 nitrogen and oxygen atoms in total. The van der Waals surface area contributed by atoms with Crippen molar-refractivity contribution in [2.75, 3.05) is 12.9 Å². The molecule has 0 bridgehead atoms. The van der Waals surface area contributed by atoms with E-state index < -0.39 is 30.6 Å². The van der Waals surface area contributed by atoms with Gasteiger partial charge in [0.1, 0.15) is 6.10 Å². The monoisotopic (exact) mass is 621 g/mol. The van der Waals surface area contributed by atoms with Crippen LogP contribution < -0.4 is 10.4 Å². The zero-order chi connectivity index (χ0) is 31.3. The van der Waals surface area contributed by atoms with Gasteiger partial charge in [-0.1, -0.05) is 123 Å². The Bertz CT molecular complexity index is 1390. The maximum absolute atomic E-state index is 12.6. The molecule has 3 rings (SSSR count). The van der Waals surface area contributed by atoms with Crippen molar-refractivity contribution in [2.24, 2.45) is 5.11 Å². The Hall–Kier alpha value is -3.24. The van der Waals surface area contributed by atoms with Crippen molar-refractivity contribution in [1.82, 2.24) is 0 Å². The molecule has 0 spiro atoms. The highest BCUT2D eigenvalue weighted by atomic mass is 32.2. The fraction of sp³-hybridized carbons (Fsp3) is 0.394. The summed E-state index contributed by atoms with van der Waals surface area (Å²) < 4.78 is 44.5.